The van der Waals surface area contributed by atoms with Crippen LogP contribution < -0.4 is 4.90 Å². The van der Waals surface area contributed by atoms with Crippen molar-refractivity contribution in [3.05, 3.63) is 18.2 Å². The third-order valence-corrected chi connectivity index (χ3v) is 6.14. The zero-order chi connectivity index (χ0) is 14.2. The molecular weight excluding hydrogens is 302 g/mol. The maximum absolute atomic E-state index is 5.43. The van der Waals surface area contributed by atoms with Crippen LogP contribution in [0.15, 0.2) is 23.1 Å². The lowest BCUT2D eigenvalue weighted by Gasteiger charge is -2.46. The third-order valence-electron chi connectivity index (χ3n) is 4.29. The molecule has 0 N–H and O–H groups in total. The van der Waals surface area contributed by atoms with E-state index in [-0.39, 0.29) is 0 Å². The average Bonchev–Trinajstić information content (AvgIpc) is 2.90. The summed E-state index contributed by atoms with van der Waals surface area (Å²) in [6, 6.07) is 7.14. The molecule has 2 fully saturated rings. The Bertz CT molecular complexity index is 633. The fourth-order valence-corrected chi connectivity index (χ4v) is 4.64. The van der Waals surface area contributed by atoms with E-state index in [4.69, 9.17) is 9.72 Å². The van der Waals surface area contributed by atoms with Gasteiger partial charge >= 0.3 is 0 Å². The first-order valence-corrected chi connectivity index (χ1v) is 9.39. The van der Waals surface area contributed by atoms with Gasteiger partial charge in [-0.3, -0.25) is 4.90 Å². The van der Waals surface area contributed by atoms with Crippen LogP contribution in [0.4, 0.5) is 5.13 Å². The van der Waals surface area contributed by atoms with Crippen molar-refractivity contribution < 1.29 is 4.74 Å². The molecule has 0 amide bonds. The van der Waals surface area contributed by atoms with Crippen LogP contribution in [0, 0.1) is 0 Å². The highest BCUT2D eigenvalue weighted by molar-refractivity contribution is 7.98. The molecule has 2 saturated heterocycles. The van der Waals surface area contributed by atoms with E-state index in [1.807, 2.05) is 11.3 Å². The predicted molar refractivity (Wildman–Crippen MR) is 89.8 cm³/mol. The number of thiazole rings is 1. The van der Waals surface area contributed by atoms with Crippen LogP contribution >= 0.6 is 23.1 Å². The number of benzene rings is 1. The standard InChI is InChI=1S/C15H19N3OS2/c1-20-12-3-2-4-13-14(12)16-15(21-13)18-9-11(10-18)17-5-7-19-8-6-17/h2-4,11H,5-10H2,1H3. The molecule has 4 rings (SSSR count). The monoisotopic (exact) mass is 321 g/mol. The van der Waals surface area contributed by atoms with E-state index < -0.39 is 0 Å². The van der Waals surface area contributed by atoms with Gasteiger partial charge in [0.1, 0.15) is 0 Å². The summed E-state index contributed by atoms with van der Waals surface area (Å²) in [6.45, 7) is 6.14. The van der Waals surface area contributed by atoms with Crippen LogP contribution in [0.1, 0.15) is 0 Å². The summed E-state index contributed by atoms with van der Waals surface area (Å²) in [4.78, 5) is 11.1. The van der Waals surface area contributed by atoms with Gasteiger partial charge in [-0.05, 0) is 18.4 Å². The van der Waals surface area contributed by atoms with E-state index in [1.54, 1.807) is 11.8 Å². The van der Waals surface area contributed by atoms with Gasteiger partial charge in [-0.2, -0.15) is 0 Å². The van der Waals surface area contributed by atoms with E-state index in [0.29, 0.717) is 6.04 Å². The molecule has 1 aromatic heterocycles. The summed E-state index contributed by atoms with van der Waals surface area (Å²) in [5.74, 6) is 0. The van der Waals surface area contributed by atoms with Gasteiger partial charge in [0, 0.05) is 37.1 Å². The molecule has 6 heteroatoms. The van der Waals surface area contributed by atoms with Gasteiger partial charge in [0.25, 0.3) is 0 Å². The molecule has 1 aromatic carbocycles. The largest absolute Gasteiger partial charge is 0.379 e. The summed E-state index contributed by atoms with van der Waals surface area (Å²) >= 11 is 3.59. The molecule has 0 saturated carbocycles. The van der Waals surface area contributed by atoms with Gasteiger partial charge in [0.2, 0.25) is 0 Å². The molecular formula is C15H19N3OS2. The maximum Gasteiger partial charge on any atom is 0.186 e. The highest BCUT2D eigenvalue weighted by Gasteiger charge is 2.34. The number of rotatable bonds is 3. The van der Waals surface area contributed by atoms with Crippen LogP contribution in [0.2, 0.25) is 0 Å². The molecule has 21 heavy (non-hydrogen) atoms. The fraction of sp³-hybridized carbons (Fsp3) is 0.533. The lowest BCUT2D eigenvalue weighted by Crippen LogP contribution is -2.61. The number of hydrogen-bond acceptors (Lipinski definition) is 6. The molecule has 0 radical (unpaired) electrons. The molecule has 0 unspecified atom stereocenters. The molecule has 3 heterocycles. The highest BCUT2D eigenvalue weighted by Crippen LogP contribution is 2.36. The summed E-state index contributed by atoms with van der Waals surface area (Å²) in [7, 11) is 0. The molecule has 4 nitrogen and oxygen atoms in total. The van der Waals surface area contributed by atoms with Gasteiger partial charge in [-0.15, -0.1) is 11.8 Å². The lowest BCUT2D eigenvalue weighted by atomic mass is 10.1. The molecule has 0 spiro atoms. The Morgan fingerprint density at radius 1 is 1.29 bits per heavy atom. The summed E-state index contributed by atoms with van der Waals surface area (Å²) in [5.41, 5.74) is 1.17. The summed E-state index contributed by atoms with van der Waals surface area (Å²) < 4.78 is 6.73. The number of thioether (sulfide) groups is 1. The quantitative estimate of drug-likeness (QED) is 0.810. The Kier molecular flexibility index (Phi) is 3.79. The summed E-state index contributed by atoms with van der Waals surface area (Å²) in [5, 5.41) is 1.18. The van der Waals surface area contributed by atoms with Crippen molar-refractivity contribution >= 4 is 38.4 Å². The molecule has 112 valence electrons. The van der Waals surface area contributed by atoms with Crippen LogP contribution in [0.5, 0.6) is 0 Å². The van der Waals surface area contributed by atoms with Gasteiger partial charge in [-0.25, -0.2) is 4.98 Å². The van der Waals surface area contributed by atoms with Crippen LogP contribution in [-0.2, 0) is 4.74 Å². The molecule has 2 aliphatic heterocycles. The Hall–Kier alpha value is -0.820. The van der Waals surface area contributed by atoms with Gasteiger partial charge in [0.15, 0.2) is 5.13 Å². The normalized spacial score (nSPS) is 20.9. The van der Waals surface area contributed by atoms with E-state index in [0.717, 1.165) is 39.4 Å². The number of aromatic nitrogens is 1. The predicted octanol–water partition coefficient (Wildman–Crippen LogP) is 2.54. The number of ether oxygens (including phenoxy) is 1. The number of morpholine rings is 1. The molecule has 0 aliphatic carbocycles. The lowest BCUT2D eigenvalue weighted by molar-refractivity contribution is 0.0105. The smallest absolute Gasteiger partial charge is 0.186 e. The average molecular weight is 321 g/mol. The summed E-state index contributed by atoms with van der Waals surface area (Å²) in [6.07, 6.45) is 2.12. The van der Waals surface area contributed by atoms with Gasteiger partial charge in [-0.1, -0.05) is 17.4 Å². The number of anilines is 1. The van der Waals surface area contributed by atoms with Crippen molar-refractivity contribution in [1.29, 1.82) is 0 Å². The SMILES string of the molecule is CSc1cccc2sc(N3CC(N4CCOCC4)C3)nc12. The second-order valence-corrected chi connectivity index (χ2v) is 7.37. The number of hydrogen-bond donors (Lipinski definition) is 0. The van der Waals surface area contributed by atoms with Gasteiger partial charge in [0.05, 0.1) is 23.4 Å². The Morgan fingerprint density at radius 3 is 2.86 bits per heavy atom. The molecule has 2 aliphatic rings. The fourth-order valence-electron chi connectivity index (χ4n) is 3.00. The maximum atomic E-state index is 5.43. The molecule has 0 bridgehead atoms. The molecule has 2 aromatic rings. The number of fused-ring (bicyclic) bond motifs is 1. The van der Waals surface area contributed by atoms with E-state index in [9.17, 15) is 0 Å². The number of nitrogens with zero attached hydrogens (tertiary/aromatic N) is 3. The second kappa shape index (κ2) is 5.76. The van der Waals surface area contributed by atoms with E-state index in [1.165, 1.54) is 20.2 Å². The zero-order valence-electron chi connectivity index (χ0n) is 12.1. The van der Waals surface area contributed by atoms with E-state index in [2.05, 4.69) is 34.3 Å². The highest BCUT2D eigenvalue weighted by atomic mass is 32.2. The van der Waals surface area contributed by atoms with Crippen molar-refractivity contribution in [1.82, 2.24) is 9.88 Å². The minimum Gasteiger partial charge on any atom is -0.379 e. The minimum absolute atomic E-state index is 0.681. The Morgan fingerprint density at radius 2 is 2.10 bits per heavy atom. The number of para-hydroxylation sites is 1. The first-order valence-electron chi connectivity index (χ1n) is 7.35. The Labute approximate surface area is 133 Å². The van der Waals surface area contributed by atoms with Crippen molar-refractivity contribution in [2.24, 2.45) is 0 Å². The first-order chi connectivity index (χ1) is 10.3. The Balaban J connectivity index is 1.48. The van der Waals surface area contributed by atoms with E-state index >= 15 is 0 Å². The first kappa shape index (κ1) is 13.8. The van der Waals surface area contributed by atoms with Crippen LogP contribution in [0.25, 0.3) is 10.2 Å². The van der Waals surface area contributed by atoms with Gasteiger partial charge < -0.3 is 9.64 Å². The zero-order valence-corrected chi connectivity index (χ0v) is 13.8. The van der Waals surface area contributed by atoms with Crippen LogP contribution in [-0.4, -0.2) is 61.6 Å². The van der Waals surface area contributed by atoms with Crippen molar-refractivity contribution in [2.45, 2.75) is 10.9 Å². The third kappa shape index (κ3) is 2.54. The molecule has 0 atom stereocenters. The topological polar surface area (TPSA) is 28.6 Å². The van der Waals surface area contributed by atoms with Crippen molar-refractivity contribution in [3.63, 3.8) is 0 Å². The van der Waals surface area contributed by atoms with Crippen molar-refractivity contribution in [2.75, 3.05) is 50.5 Å². The minimum atomic E-state index is 0.681. The second-order valence-electron chi connectivity index (χ2n) is 5.51. The van der Waals surface area contributed by atoms with Crippen molar-refractivity contribution in [3.8, 4) is 0 Å². The van der Waals surface area contributed by atoms with Crippen LogP contribution in [0.3, 0.4) is 0 Å².